The first-order chi connectivity index (χ1) is 20.9. The number of benzene rings is 2. The van der Waals surface area contributed by atoms with Gasteiger partial charge in [0.1, 0.15) is 23.8 Å². The zero-order valence-electron chi connectivity index (χ0n) is 25.9. The normalized spacial score (nSPS) is 13.3. The van der Waals surface area contributed by atoms with Crippen LogP contribution < -0.4 is 10.6 Å². The van der Waals surface area contributed by atoms with Gasteiger partial charge in [0.2, 0.25) is 0 Å². The summed E-state index contributed by atoms with van der Waals surface area (Å²) in [6.45, 7) is 9.97. The van der Waals surface area contributed by atoms with Gasteiger partial charge in [-0.05, 0) is 87.0 Å². The molecule has 9 nitrogen and oxygen atoms in total. The standard InChI is InChI=1S/C33H42N8OS/c1-6-41(15-9-17-43-22-39(4)33(37-34)27-10-7-12-28-26(27)11-8-14-35-28)16-13-25-20-29-32(18-23(25)2)42-21-30(36-29)31-19-24(3)38-40(31)5/h7-8,10-12,14,18-20H,6,9,13,15-17,21-22,34H2,1-5H3/b37-33-. The van der Waals surface area contributed by atoms with Crippen LogP contribution in [-0.2, 0) is 13.5 Å². The highest BCUT2D eigenvalue weighted by molar-refractivity contribution is 7.99. The minimum absolute atomic E-state index is 0.461. The quantitative estimate of drug-likeness (QED) is 0.0591. The van der Waals surface area contributed by atoms with Crippen molar-refractivity contribution in [2.24, 2.45) is 23.0 Å². The number of nitrogens with zero attached hydrogens (tertiary/aromatic N) is 7. The van der Waals surface area contributed by atoms with Crippen LogP contribution in [0, 0.1) is 13.8 Å². The van der Waals surface area contributed by atoms with Crippen molar-refractivity contribution >= 4 is 39.9 Å². The molecule has 2 aromatic heterocycles. The van der Waals surface area contributed by atoms with Crippen LogP contribution in [-0.4, -0.2) is 81.0 Å². The summed E-state index contributed by atoms with van der Waals surface area (Å²) in [7, 11) is 4.00. The third-order valence-corrected chi connectivity index (χ3v) is 9.05. The van der Waals surface area contributed by atoms with Crippen LogP contribution in [0.1, 0.15) is 41.4 Å². The summed E-state index contributed by atoms with van der Waals surface area (Å²) in [5.41, 5.74) is 8.33. The zero-order valence-corrected chi connectivity index (χ0v) is 26.7. The van der Waals surface area contributed by atoms with E-state index in [4.69, 9.17) is 15.6 Å². The van der Waals surface area contributed by atoms with Gasteiger partial charge in [0.05, 0.1) is 22.8 Å². The second-order valence-electron chi connectivity index (χ2n) is 11.0. The van der Waals surface area contributed by atoms with E-state index in [0.717, 1.165) is 94.9 Å². The van der Waals surface area contributed by atoms with Crippen molar-refractivity contribution in [1.29, 1.82) is 0 Å². The molecule has 0 fully saturated rings. The average Bonchev–Trinajstić information content (AvgIpc) is 3.36. The Bertz CT molecular complexity index is 1620. The zero-order chi connectivity index (χ0) is 30.3. The fourth-order valence-electron chi connectivity index (χ4n) is 5.55. The van der Waals surface area contributed by atoms with E-state index >= 15 is 0 Å². The molecule has 0 bridgehead atoms. The SMILES string of the molecule is CCN(CCCSCN(C)/C(=N\N)c1cccc2ncccc12)CCc1cc2c(cc1C)OCC(c1cc(C)nn1C)=N2. The number of amidine groups is 1. The minimum atomic E-state index is 0.461. The summed E-state index contributed by atoms with van der Waals surface area (Å²) in [6.07, 6.45) is 3.91. The number of rotatable bonds is 12. The lowest BCUT2D eigenvalue weighted by Gasteiger charge is -2.23. The fourth-order valence-corrected chi connectivity index (χ4v) is 6.41. The number of nitrogens with two attached hydrogens (primary N) is 1. The van der Waals surface area contributed by atoms with Crippen LogP contribution in [0.15, 0.2) is 64.8 Å². The van der Waals surface area contributed by atoms with Crippen LogP contribution in [0.5, 0.6) is 5.75 Å². The van der Waals surface area contributed by atoms with Gasteiger partial charge in [-0.3, -0.25) is 9.67 Å². The summed E-state index contributed by atoms with van der Waals surface area (Å²) in [4.78, 5) is 14.1. The fraction of sp³-hybridized carbons (Fsp3) is 0.394. The number of likely N-dealkylation sites (N-methyl/N-ethyl adjacent to an activating group) is 1. The summed E-state index contributed by atoms with van der Waals surface area (Å²) in [6, 6.07) is 16.5. The molecule has 5 rings (SSSR count). The largest absolute Gasteiger partial charge is 0.485 e. The second kappa shape index (κ2) is 14.1. The van der Waals surface area contributed by atoms with Crippen molar-refractivity contribution in [3.63, 3.8) is 0 Å². The van der Waals surface area contributed by atoms with Gasteiger partial charge in [-0.15, -0.1) is 11.8 Å². The van der Waals surface area contributed by atoms with Gasteiger partial charge in [-0.2, -0.15) is 10.2 Å². The van der Waals surface area contributed by atoms with Gasteiger partial charge in [-0.1, -0.05) is 25.1 Å². The maximum Gasteiger partial charge on any atom is 0.156 e. The molecule has 0 saturated heterocycles. The summed E-state index contributed by atoms with van der Waals surface area (Å²) in [5, 5.41) is 9.66. The summed E-state index contributed by atoms with van der Waals surface area (Å²) in [5.74, 6) is 9.36. The average molecular weight is 599 g/mol. The van der Waals surface area contributed by atoms with E-state index in [0.29, 0.717) is 6.61 Å². The van der Waals surface area contributed by atoms with Gasteiger partial charge in [0, 0.05) is 37.8 Å². The van der Waals surface area contributed by atoms with Crippen molar-refractivity contribution in [3.05, 3.63) is 82.8 Å². The number of hydrazone groups is 1. The number of aromatic nitrogens is 3. The molecule has 0 spiro atoms. The highest BCUT2D eigenvalue weighted by Crippen LogP contribution is 2.35. The number of thioether (sulfide) groups is 1. The van der Waals surface area contributed by atoms with Crippen molar-refractivity contribution in [2.75, 3.05) is 44.9 Å². The van der Waals surface area contributed by atoms with Crippen LogP contribution in [0.4, 0.5) is 5.69 Å². The van der Waals surface area contributed by atoms with E-state index in [9.17, 15) is 0 Å². The molecule has 0 atom stereocenters. The van der Waals surface area contributed by atoms with Gasteiger partial charge < -0.3 is 20.4 Å². The molecule has 3 heterocycles. The van der Waals surface area contributed by atoms with Crippen LogP contribution in [0.25, 0.3) is 10.9 Å². The molecule has 0 unspecified atom stereocenters. The van der Waals surface area contributed by atoms with E-state index in [1.54, 1.807) is 0 Å². The Kier molecular flexibility index (Phi) is 9.99. The smallest absolute Gasteiger partial charge is 0.156 e. The Balaban J connectivity index is 1.11. The monoisotopic (exact) mass is 598 g/mol. The molecule has 2 aromatic carbocycles. The molecule has 10 heteroatoms. The molecule has 0 saturated carbocycles. The van der Waals surface area contributed by atoms with Gasteiger partial charge in [0.25, 0.3) is 0 Å². The highest BCUT2D eigenvalue weighted by Gasteiger charge is 2.19. The maximum absolute atomic E-state index is 6.09. The molecule has 0 radical (unpaired) electrons. The van der Waals surface area contributed by atoms with E-state index in [2.05, 4.69) is 69.2 Å². The van der Waals surface area contributed by atoms with Crippen LogP contribution >= 0.6 is 11.8 Å². The Hall–Kier alpha value is -3.89. The Morgan fingerprint density at radius 1 is 1.14 bits per heavy atom. The molecule has 0 amide bonds. The maximum atomic E-state index is 6.09. The first kappa shape index (κ1) is 30.6. The van der Waals surface area contributed by atoms with Crippen molar-refractivity contribution in [1.82, 2.24) is 24.6 Å². The summed E-state index contributed by atoms with van der Waals surface area (Å²) < 4.78 is 7.97. The predicted octanol–water partition coefficient (Wildman–Crippen LogP) is 5.30. The molecule has 226 valence electrons. The lowest BCUT2D eigenvalue weighted by Crippen LogP contribution is -2.29. The van der Waals surface area contributed by atoms with E-state index in [-0.39, 0.29) is 0 Å². The third-order valence-electron chi connectivity index (χ3n) is 7.90. The van der Waals surface area contributed by atoms with E-state index in [1.165, 1.54) is 11.1 Å². The number of aryl methyl sites for hydroxylation is 3. The minimum Gasteiger partial charge on any atom is -0.485 e. The Morgan fingerprint density at radius 3 is 2.77 bits per heavy atom. The molecule has 43 heavy (non-hydrogen) atoms. The molecule has 4 aromatic rings. The lowest BCUT2D eigenvalue weighted by molar-refractivity contribution is 0.293. The molecule has 0 aliphatic carbocycles. The lowest BCUT2D eigenvalue weighted by atomic mass is 10.0. The molecular weight excluding hydrogens is 556 g/mol. The number of hydrogen-bond acceptors (Lipinski definition) is 8. The predicted molar refractivity (Wildman–Crippen MR) is 179 cm³/mol. The topological polar surface area (TPSA) is 97.2 Å². The van der Waals surface area contributed by atoms with Crippen LogP contribution in [0.3, 0.4) is 0 Å². The molecular formula is C33H42N8OS. The number of pyridine rings is 1. The molecule has 1 aliphatic heterocycles. The third kappa shape index (κ3) is 7.19. The Labute approximate surface area is 258 Å². The summed E-state index contributed by atoms with van der Waals surface area (Å²) >= 11 is 1.90. The van der Waals surface area contributed by atoms with E-state index in [1.807, 2.05) is 61.9 Å². The van der Waals surface area contributed by atoms with E-state index < -0.39 is 0 Å². The number of aliphatic imine (C=N–C) groups is 1. The number of hydrogen-bond donors (Lipinski definition) is 1. The van der Waals surface area contributed by atoms with Crippen molar-refractivity contribution in [3.8, 4) is 5.75 Å². The molecule has 2 N–H and O–H groups in total. The van der Waals surface area contributed by atoms with Crippen LogP contribution in [0.2, 0.25) is 0 Å². The first-order valence-corrected chi connectivity index (χ1v) is 16.0. The second-order valence-corrected chi connectivity index (χ2v) is 12.1. The van der Waals surface area contributed by atoms with Crippen molar-refractivity contribution < 1.29 is 4.74 Å². The van der Waals surface area contributed by atoms with Gasteiger partial charge in [-0.25, -0.2) is 4.99 Å². The Morgan fingerprint density at radius 2 is 2.00 bits per heavy atom. The first-order valence-electron chi connectivity index (χ1n) is 14.9. The van der Waals surface area contributed by atoms with Gasteiger partial charge in [0.15, 0.2) is 5.84 Å². The van der Waals surface area contributed by atoms with Crippen molar-refractivity contribution in [2.45, 2.75) is 33.6 Å². The number of ether oxygens (including phenoxy) is 1. The highest BCUT2D eigenvalue weighted by atomic mass is 32.2. The van der Waals surface area contributed by atoms with Gasteiger partial charge >= 0.3 is 0 Å². The molecule has 1 aliphatic rings. The number of fused-ring (bicyclic) bond motifs is 2.